The maximum atomic E-state index is 13.4. The van der Waals surface area contributed by atoms with Gasteiger partial charge in [0.25, 0.3) is 0 Å². The lowest BCUT2D eigenvalue weighted by atomic mass is 10.2. The fourth-order valence-corrected chi connectivity index (χ4v) is 2.37. The molecule has 2 rings (SSSR count). The lowest BCUT2D eigenvalue weighted by molar-refractivity contribution is -0.140. The molecule has 0 saturated heterocycles. The summed E-state index contributed by atoms with van der Waals surface area (Å²) >= 11 is 1.42. The Hall–Kier alpha value is -1.95. The molecule has 2 aromatic rings. The summed E-state index contributed by atoms with van der Waals surface area (Å²) < 4.78 is 18.0. The highest BCUT2D eigenvalue weighted by Crippen LogP contribution is 2.23. The van der Waals surface area contributed by atoms with Gasteiger partial charge < -0.3 is 10.1 Å². The second-order valence-electron chi connectivity index (χ2n) is 4.31. The number of nitrogens with zero attached hydrogens (tertiary/aromatic N) is 1. The van der Waals surface area contributed by atoms with Crippen LogP contribution in [0.5, 0.6) is 0 Å². The molecular formula is C14H15FN2O2S. The van der Waals surface area contributed by atoms with Gasteiger partial charge in [-0.2, -0.15) is 0 Å². The Morgan fingerprint density at radius 3 is 3.00 bits per heavy atom. The van der Waals surface area contributed by atoms with Gasteiger partial charge in [-0.15, -0.1) is 11.3 Å². The molecule has 6 heteroatoms. The molecule has 0 saturated carbocycles. The highest BCUT2D eigenvalue weighted by Gasteiger charge is 2.07. The first-order valence-electron chi connectivity index (χ1n) is 6.13. The van der Waals surface area contributed by atoms with Gasteiger partial charge in [0.2, 0.25) is 0 Å². The van der Waals surface area contributed by atoms with Crippen molar-refractivity contribution in [3.05, 3.63) is 40.7 Å². The van der Waals surface area contributed by atoms with Gasteiger partial charge in [0.05, 0.1) is 19.2 Å². The number of rotatable bonds is 5. The Balaban J connectivity index is 1.98. The van der Waals surface area contributed by atoms with Crippen molar-refractivity contribution in [1.29, 1.82) is 0 Å². The van der Waals surface area contributed by atoms with E-state index in [0.717, 1.165) is 5.69 Å². The van der Waals surface area contributed by atoms with Crippen LogP contribution in [0.3, 0.4) is 0 Å². The van der Waals surface area contributed by atoms with Gasteiger partial charge in [0.15, 0.2) is 5.13 Å². The number of hydrogen-bond acceptors (Lipinski definition) is 5. The molecule has 106 valence electrons. The number of benzene rings is 1. The van der Waals surface area contributed by atoms with E-state index in [0.29, 0.717) is 29.2 Å². The van der Waals surface area contributed by atoms with Crippen LogP contribution >= 0.6 is 11.3 Å². The Morgan fingerprint density at radius 2 is 2.30 bits per heavy atom. The van der Waals surface area contributed by atoms with E-state index in [2.05, 4.69) is 15.0 Å². The van der Waals surface area contributed by atoms with E-state index in [9.17, 15) is 9.18 Å². The molecule has 1 aromatic carbocycles. The number of aryl methyl sites for hydroxylation is 2. The quantitative estimate of drug-likeness (QED) is 0.858. The second kappa shape index (κ2) is 6.47. The van der Waals surface area contributed by atoms with E-state index >= 15 is 0 Å². The summed E-state index contributed by atoms with van der Waals surface area (Å²) in [6.07, 6.45) is 0.839. The topological polar surface area (TPSA) is 51.2 Å². The molecule has 20 heavy (non-hydrogen) atoms. The average molecular weight is 294 g/mol. The predicted molar refractivity (Wildman–Crippen MR) is 76.9 cm³/mol. The summed E-state index contributed by atoms with van der Waals surface area (Å²) in [5.74, 6) is -0.509. The number of hydrogen-bond donors (Lipinski definition) is 1. The predicted octanol–water partition coefficient (Wildman–Crippen LogP) is 3.44. The number of thiazole rings is 1. The zero-order valence-corrected chi connectivity index (χ0v) is 12.1. The maximum absolute atomic E-state index is 13.4. The van der Waals surface area contributed by atoms with E-state index in [1.807, 2.05) is 5.38 Å². The van der Waals surface area contributed by atoms with Gasteiger partial charge in [0.1, 0.15) is 5.82 Å². The number of halogens is 1. The van der Waals surface area contributed by atoms with Gasteiger partial charge in [-0.25, -0.2) is 9.37 Å². The minimum absolute atomic E-state index is 0.252. The number of nitrogens with one attached hydrogen (secondary N) is 1. The van der Waals surface area contributed by atoms with Crippen molar-refractivity contribution in [2.75, 3.05) is 12.4 Å². The van der Waals surface area contributed by atoms with E-state index < -0.39 is 0 Å². The number of esters is 1. The molecule has 0 aliphatic carbocycles. The molecule has 1 aromatic heterocycles. The normalized spacial score (nSPS) is 10.3. The lowest BCUT2D eigenvalue weighted by Crippen LogP contribution is -2.02. The molecule has 1 N–H and O–H groups in total. The summed E-state index contributed by atoms with van der Waals surface area (Å²) in [6, 6.07) is 4.95. The molecule has 0 spiro atoms. The number of aromatic nitrogens is 1. The van der Waals surface area contributed by atoms with Gasteiger partial charge in [-0.1, -0.05) is 6.07 Å². The number of anilines is 2. The third kappa shape index (κ3) is 3.77. The van der Waals surface area contributed by atoms with E-state index in [4.69, 9.17) is 0 Å². The summed E-state index contributed by atoms with van der Waals surface area (Å²) in [5, 5.41) is 5.59. The first-order valence-corrected chi connectivity index (χ1v) is 7.01. The van der Waals surface area contributed by atoms with Crippen molar-refractivity contribution in [2.24, 2.45) is 0 Å². The van der Waals surface area contributed by atoms with Crippen LogP contribution < -0.4 is 5.32 Å². The third-order valence-electron chi connectivity index (χ3n) is 2.79. The summed E-state index contributed by atoms with van der Waals surface area (Å²) in [6.45, 7) is 1.72. The Kier molecular flexibility index (Phi) is 4.68. The van der Waals surface area contributed by atoms with Gasteiger partial charge >= 0.3 is 5.97 Å². The zero-order chi connectivity index (χ0) is 14.5. The summed E-state index contributed by atoms with van der Waals surface area (Å²) in [5.41, 5.74) is 2.07. The van der Waals surface area contributed by atoms with Crippen LogP contribution in [0.1, 0.15) is 17.7 Å². The van der Waals surface area contributed by atoms with E-state index in [1.54, 1.807) is 19.1 Å². The standard InChI is InChI=1S/C14H15FN2O2S/c1-9-3-4-10(7-12(9)15)16-14-17-11(8-20-14)5-6-13(18)19-2/h3-4,7-8H,5-6H2,1-2H3,(H,16,17). The molecule has 4 nitrogen and oxygen atoms in total. The van der Waals surface area contributed by atoms with Crippen molar-refractivity contribution < 1.29 is 13.9 Å². The second-order valence-corrected chi connectivity index (χ2v) is 5.17. The van der Waals surface area contributed by atoms with E-state index in [1.165, 1.54) is 24.5 Å². The molecule has 0 amide bonds. The monoisotopic (exact) mass is 294 g/mol. The minimum atomic E-state index is -0.256. The smallest absolute Gasteiger partial charge is 0.305 e. The molecule has 1 heterocycles. The molecule has 0 bridgehead atoms. The molecule has 0 radical (unpaired) electrons. The van der Waals surface area contributed by atoms with Crippen molar-refractivity contribution >= 4 is 28.1 Å². The maximum Gasteiger partial charge on any atom is 0.305 e. The Morgan fingerprint density at radius 1 is 1.50 bits per heavy atom. The number of carbonyl (C=O) groups excluding carboxylic acids is 1. The van der Waals surface area contributed by atoms with Crippen LogP contribution in [0.4, 0.5) is 15.2 Å². The fourth-order valence-electron chi connectivity index (χ4n) is 1.61. The van der Waals surface area contributed by atoms with Crippen LogP contribution in [0.15, 0.2) is 23.6 Å². The molecular weight excluding hydrogens is 279 g/mol. The van der Waals surface area contributed by atoms with Crippen molar-refractivity contribution in [3.8, 4) is 0 Å². The molecule has 0 fully saturated rings. The molecule has 0 unspecified atom stereocenters. The largest absolute Gasteiger partial charge is 0.469 e. The first kappa shape index (κ1) is 14.5. The van der Waals surface area contributed by atoms with Crippen molar-refractivity contribution in [2.45, 2.75) is 19.8 Å². The van der Waals surface area contributed by atoms with Gasteiger partial charge in [-0.05, 0) is 24.6 Å². The van der Waals surface area contributed by atoms with Crippen LogP contribution in [0.25, 0.3) is 0 Å². The van der Waals surface area contributed by atoms with Crippen molar-refractivity contribution in [1.82, 2.24) is 4.98 Å². The first-order chi connectivity index (χ1) is 9.58. The van der Waals surface area contributed by atoms with Gasteiger partial charge in [0, 0.05) is 17.5 Å². The SMILES string of the molecule is COC(=O)CCc1csc(Nc2ccc(C)c(F)c2)n1. The van der Waals surface area contributed by atoms with Crippen LogP contribution in [-0.2, 0) is 16.0 Å². The highest BCUT2D eigenvalue weighted by atomic mass is 32.1. The van der Waals surface area contributed by atoms with Gasteiger partial charge in [-0.3, -0.25) is 4.79 Å². The summed E-state index contributed by atoms with van der Waals surface area (Å²) in [4.78, 5) is 15.4. The van der Waals surface area contributed by atoms with Crippen LogP contribution in [-0.4, -0.2) is 18.1 Å². The lowest BCUT2D eigenvalue weighted by Gasteiger charge is -2.03. The number of carbonyl (C=O) groups is 1. The minimum Gasteiger partial charge on any atom is -0.469 e. The number of ether oxygens (including phenoxy) is 1. The fraction of sp³-hybridized carbons (Fsp3) is 0.286. The highest BCUT2D eigenvalue weighted by molar-refractivity contribution is 7.13. The van der Waals surface area contributed by atoms with Crippen LogP contribution in [0, 0.1) is 12.7 Å². The Labute approximate surface area is 120 Å². The number of methoxy groups -OCH3 is 1. The Bertz CT molecular complexity index is 613. The average Bonchev–Trinajstić information content (AvgIpc) is 2.88. The molecule has 0 aliphatic heterocycles. The van der Waals surface area contributed by atoms with E-state index in [-0.39, 0.29) is 11.8 Å². The molecule has 0 aliphatic rings. The summed E-state index contributed by atoms with van der Waals surface area (Å²) in [7, 11) is 1.36. The zero-order valence-electron chi connectivity index (χ0n) is 11.3. The van der Waals surface area contributed by atoms with Crippen LogP contribution in [0.2, 0.25) is 0 Å². The van der Waals surface area contributed by atoms with Crippen molar-refractivity contribution in [3.63, 3.8) is 0 Å². The molecule has 0 atom stereocenters. The third-order valence-corrected chi connectivity index (χ3v) is 3.59.